The van der Waals surface area contributed by atoms with Gasteiger partial charge in [-0.25, -0.2) is 9.59 Å². The lowest BCUT2D eigenvalue weighted by atomic mass is 9.90. The number of amides is 4. The van der Waals surface area contributed by atoms with Crippen molar-refractivity contribution in [1.82, 2.24) is 15.2 Å². The van der Waals surface area contributed by atoms with E-state index in [1.54, 1.807) is 23.1 Å². The van der Waals surface area contributed by atoms with Crippen LogP contribution >= 0.6 is 11.6 Å². The highest BCUT2D eigenvalue weighted by Gasteiger charge is 2.49. The minimum atomic E-state index is -1.22. The van der Waals surface area contributed by atoms with Gasteiger partial charge in [0.1, 0.15) is 6.04 Å². The molecule has 3 heterocycles. The lowest BCUT2D eigenvalue weighted by molar-refractivity contribution is -0.133. The summed E-state index contributed by atoms with van der Waals surface area (Å²) in [5, 5.41) is 17.2. The van der Waals surface area contributed by atoms with Crippen molar-refractivity contribution >= 4 is 47.0 Å². The molecule has 224 valence electrons. The van der Waals surface area contributed by atoms with Crippen molar-refractivity contribution in [1.29, 1.82) is 0 Å². The smallest absolute Gasteiger partial charge is 0.412 e. The van der Waals surface area contributed by atoms with E-state index in [4.69, 9.17) is 21.4 Å². The molecule has 2 aliphatic heterocycles. The van der Waals surface area contributed by atoms with Crippen LogP contribution in [-0.4, -0.2) is 58.1 Å². The van der Waals surface area contributed by atoms with Crippen LogP contribution in [0, 0.1) is 0 Å². The monoisotopic (exact) mass is 613 g/mol. The van der Waals surface area contributed by atoms with E-state index in [1.807, 2.05) is 42.7 Å². The van der Waals surface area contributed by atoms with Gasteiger partial charge in [0.05, 0.1) is 12.2 Å². The fraction of sp³-hybridized carbons (Fsp3) is 0.188. The molecular weight excluding hydrogens is 586 g/mol. The van der Waals surface area contributed by atoms with Crippen molar-refractivity contribution in [3.63, 3.8) is 0 Å². The van der Waals surface area contributed by atoms with Crippen molar-refractivity contribution in [3.05, 3.63) is 107 Å². The van der Waals surface area contributed by atoms with Gasteiger partial charge in [-0.1, -0.05) is 35.9 Å². The number of ether oxygens (including phenoxy) is 1. The van der Waals surface area contributed by atoms with E-state index < -0.39 is 29.7 Å². The molecule has 1 aromatic heterocycles. The number of halogens is 1. The number of rotatable bonds is 7. The van der Waals surface area contributed by atoms with E-state index in [0.29, 0.717) is 34.9 Å². The van der Waals surface area contributed by atoms with E-state index in [9.17, 15) is 19.2 Å². The van der Waals surface area contributed by atoms with Crippen LogP contribution in [0.4, 0.5) is 21.0 Å². The molecule has 0 bridgehead atoms. The van der Waals surface area contributed by atoms with Crippen molar-refractivity contribution < 1.29 is 29.0 Å². The lowest BCUT2D eigenvalue weighted by Crippen LogP contribution is -2.50. The number of carbonyl (C=O) groups excluding carboxylic acids is 3. The van der Waals surface area contributed by atoms with Crippen LogP contribution in [0.3, 0.4) is 0 Å². The van der Waals surface area contributed by atoms with E-state index in [1.165, 1.54) is 24.3 Å². The number of carboxylic acid groups (broad SMARTS) is 1. The molecule has 11 nitrogen and oxygen atoms in total. The highest BCUT2D eigenvalue weighted by atomic mass is 35.5. The summed E-state index contributed by atoms with van der Waals surface area (Å²) in [6.07, 6.45) is 2.48. The maximum atomic E-state index is 14.1. The number of nitrogens with one attached hydrogen (secondary N) is 4. The maximum Gasteiger partial charge on any atom is 0.412 e. The number of H-pyrrole nitrogens is 1. The van der Waals surface area contributed by atoms with Gasteiger partial charge in [-0.2, -0.15) is 0 Å². The Kier molecular flexibility index (Phi) is 7.71. The van der Waals surface area contributed by atoms with Crippen molar-refractivity contribution in [2.75, 3.05) is 23.7 Å². The number of nitrogens with zero attached hydrogens (tertiary/aromatic N) is 1. The number of likely N-dealkylation sites (tertiary alicyclic amines) is 1. The van der Waals surface area contributed by atoms with Crippen LogP contribution in [0.1, 0.15) is 27.9 Å². The summed E-state index contributed by atoms with van der Waals surface area (Å²) in [6.45, 7) is 0.396. The highest BCUT2D eigenvalue weighted by Crippen LogP contribution is 2.44. The second kappa shape index (κ2) is 11.8. The third-order valence-electron chi connectivity index (χ3n) is 7.87. The summed E-state index contributed by atoms with van der Waals surface area (Å²) < 4.78 is 5.79. The topological polar surface area (TPSA) is 153 Å². The summed E-state index contributed by atoms with van der Waals surface area (Å²) >= 11 is 6.28. The van der Waals surface area contributed by atoms with Gasteiger partial charge in [0.25, 0.3) is 5.91 Å². The summed E-state index contributed by atoms with van der Waals surface area (Å²) in [5.74, 6) is -0.819. The van der Waals surface area contributed by atoms with Gasteiger partial charge in [0.2, 0.25) is 5.91 Å². The zero-order valence-corrected chi connectivity index (χ0v) is 24.1. The zero-order chi connectivity index (χ0) is 30.8. The second-order valence-corrected chi connectivity index (χ2v) is 11.2. The molecule has 12 heteroatoms. The maximum absolute atomic E-state index is 14.1. The quantitative estimate of drug-likeness (QED) is 0.187. The Balaban J connectivity index is 1.25. The molecule has 2 atom stereocenters. The van der Waals surface area contributed by atoms with E-state index >= 15 is 0 Å². The molecule has 4 aromatic rings. The van der Waals surface area contributed by atoms with Crippen LogP contribution in [0.5, 0.6) is 0 Å². The van der Waals surface area contributed by atoms with Gasteiger partial charge >= 0.3 is 12.2 Å². The molecule has 1 fully saturated rings. The predicted octanol–water partition coefficient (Wildman–Crippen LogP) is 5.46. The first-order valence-electron chi connectivity index (χ1n) is 13.9. The fourth-order valence-electron chi connectivity index (χ4n) is 5.71. The van der Waals surface area contributed by atoms with Crippen LogP contribution < -0.4 is 16.0 Å². The van der Waals surface area contributed by atoms with Crippen molar-refractivity contribution in [2.24, 2.45) is 0 Å². The molecule has 44 heavy (non-hydrogen) atoms. The van der Waals surface area contributed by atoms with Gasteiger partial charge in [-0.3, -0.25) is 20.2 Å². The minimum Gasteiger partial charge on any atom is -0.465 e. The average Bonchev–Trinajstić information content (AvgIpc) is 3.69. The SMILES string of the molecule is O=C(O)Nc1ccc(C(=O)NC(Cc2ccc(-c3cc[nH]c3)cc2)C(=O)N2CC[C@@]3(C2)OC(=O)Nc2ccc(Cl)cc23)cc1. The highest BCUT2D eigenvalue weighted by molar-refractivity contribution is 6.30. The van der Waals surface area contributed by atoms with E-state index in [0.717, 1.165) is 16.7 Å². The number of benzene rings is 3. The summed E-state index contributed by atoms with van der Waals surface area (Å²) in [7, 11) is 0. The summed E-state index contributed by atoms with van der Waals surface area (Å²) in [4.78, 5) is 55.4. The van der Waals surface area contributed by atoms with Crippen molar-refractivity contribution in [2.45, 2.75) is 24.5 Å². The molecule has 4 amide bonds. The van der Waals surface area contributed by atoms with Gasteiger partial charge in [0.15, 0.2) is 5.60 Å². The molecule has 1 unspecified atom stereocenters. The van der Waals surface area contributed by atoms with Crippen LogP contribution in [0.15, 0.2) is 85.2 Å². The minimum absolute atomic E-state index is 0.0982. The molecule has 0 saturated carbocycles. The van der Waals surface area contributed by atoms with Crippen LogP contribution in [-0.2, 0) is 21.6 Å². The number of hydrogen-bond acceptors (Lipinski definition) is 5. The Bertz CT molecular complexity index is 1730. The number of aromatic nitrogens is 1. The summed E-state index contributed by atoms with van der Waals surface area (Å²) in [5.41, 5.74) is 3.63. The molecule has 5 N–H and O–H groups in total. The number of hydrogen-bond donors (Lipinski definition) is 5. The van der Waals surface area contributed by atoms with Gasteiger partial charge in [0, 0.05) is 53.6 Å². The van der Waals surface area contributed by atoms with Crippen LogP contribution in [0.2, 0.25) is 5.02 Å². The second-order valence-electron chi connectivity index (χ2n) is 10.7. The molecule has 3 aromatic carbocycles. The molecule has 2 aliphatic rings. The number of carbonyl (C=O) groups is 4. The third kappa shape index (κ3) is 5.95. The molecule has 0 radical (unpaired) electrons. The fourth-order valence-corrected chi connectivity index (χ4v) is 5.88. The first kappa shape index (κ1) is 28.8. The lowest BCUT2D eigenvalue weighted by Gasteiger charge is -2.35. The van der Waals surface area contributed by atoms with E-state index in [2.05, 4.69) is 20.9 Å². The molecule has 1 saturated heterocycles. The zero-order valence-electron chi connectivity index (χ0n) is 23.3. The normalized spacial score (nSPS) is 17.8. The van der Waals surface area contributed by atoms with Gasteiger partial charge < -0.3 is 25.0 Å². The Hall–Kier alpha value is -5.29. The first-order valence-corrected chi connectivity index (χ1v) is 14.3. The number of anilines is 2. The largest absolute Gasteiger partial charge is 0.465 e. The molecule has 6 rings (SSSR count). The predicted molar refractivity (Wildman–Crippen MR) is 164 cm³/mol. The standard InChI is InChI=1S/C32H28ClN5O6/c33-23-7-10-26-25(16-23)32(44-31(43)37-26)12-14-38(18-32)29(40)27(15-19-1-3-20(4-2-19)22-11-13-34-17-22)36-28(39)21-5-8-24(9-6-21)35-30(41)42/h1-11,13,16-17,27,34-35H,12,14-15,18H2,(H,36,39)(H,37,43)(H,41,42)/t27?,32-/m0/s1. The Labute approximate surface area is 257 Å². The third-order valence-corrected chi connectivity index (χ3v) is 8.10. The molecule has 1 spiro atoms. The first-order chi connectivity index (χ1) is 21.2. The summed E-state index contributed by atoms with van der Waals surface area (Å²) in [6, 6.07) is 19.8. The molecular formula is C32H28ClN5O6. The average molecular weight is 614 g/mol. The Morgan fingerprint density at radius 3 is 2.50 bits per heavy atom. The van der Waals surface area contributed by atoms with Gasteiger partial charge in [-0.05, 0) is 65.2 Å². The van der Waals surface area contributed by atoms with Crippen molar-refractivity contribution in [3.8, 4) is 11.1 Å². The van der Waals surface area contributed by atoms with Crippen LogP contribution in [0.25, 0.3) is 11.1 Å². The number of aromatic amines is 1. The number of fused-ring (bicyclic) bond motifs is 2. The Morgan fingerprint density at radius 1 is 1.02 bits per heavy atom. The Morgan fingerprint density at radius 2 is 1.80 bits per heavy atom. The van der Waals surface area contributed by atoms with Gasteiger partial charge in [-0.15, -0.1) is 0 Å². The molecule has 0 aliphatic carbocycles. The van der Waals surface area contributed by atoms with E-state index in [-0.39, 0.29) is 24.4 Å².